The molecule has 5 nitrogen and oxygen atoms in total. The summed E-state index contributed by atoms with van der Waals surface area (Å²) >= 11 is 9.79. The molecule has 126 valence electrons. The molecule has 1 aliphatic heterocycles. The molecule has 0 spiro atoms. The Labute approximate surface area is 161 Å². The number of carboxylic acid groups (broad SMARTS) is 1. The number of halogens is 1. The molecular weight excluding hydrogens is 426 g/mol. The largest absolute Gasteiger partial charge is 0.507 e. The fourth-order valence-corrected chi connectivity index (χ4v) is 3.99. The number of thioether (sulfide) groups is 1. The minimum atomic E-state index is -1.28. The lowest BCUT2D eigenvalue weighted by atomic mass is 10.1. The Morgan fingerprint density at radius 1 is 1.24 bits per heavy atom. The molecule has 2 aromatic carbocycles. The van der Waals surface area contributed by atoms with Crippen molar-refractivity contribution in [1.29, 1.82) is 0 Å². The van der Waals surface area contributed by atoms with Gasteiger partial charge in [0.1, 0.15) is 11.3 Å². The first-order chi connectivity index (χ1) is 11.9. The van der Waals surface area contributed by atoms with Crippen LogP contribution in [0.25, 0.3) is 6.08 Å². The van der Waals surface area contributed by atoms with Gasteiger partial charge in [-0.25, -0.2) is 4.79 Å². The van der Waals surface area contributed by atoms with E-state index < -0.39 is 5.97 Å². The van der Waals surface area contributed by atoms with E-state index in [-0.39, 0.29) is 17.2 Å². The standard InChI is InChI=1S/C17H10BrNO4S2/c18-10-3-1-2-9(6-10)7-14-15(21)19(17(24)25-14)11-4-5-13(20)12(8-11)16(22)23/h1-8,20H,(H,22,23). The van der Waals surface area contributed by atoms with Crippen molar-refractivity contribution in [1.82, 2.24) is 0 Å². The van der Waals surface area contributed by atoms with Crippen LogP contribution in [-0.4, -0.2) is 26.4 Å². The number of carbonyl (C=O) groups is 2. The lowest BCUT2D eigenvalue weighted by molar-refractivity contribution is -0.113. The summed E-state index contributed by atoms with van der Waals surface area (Å²) in [6.07, 6.45) is 1.72. The number of anilines is 1. The molecule has 1 amide bonds. The Hall–Kier alpha value is -2.16. The van der Waals surface area contributed by atoms with E-state index in [9.17, 15) is 14.7 Å². The van der Waals surface area contributed by atoms with Crippen LogP contribution in [0.15, 0.2) is 51.8 Å². The van der Waals surface area contributed by atoms with E-state index >= 15 is 0 Å². The summed E-state index contributed by atoms with van der Waals surface area (Å²) in [6, 6.07) is 11.4. The second-order valence-electron chi connectivity index (χ2n) is 5.08. The summed E-state index contributed by atoms with van der Waals surface area (Å²) in [4.78, 5) is 25.6. The molecule has 0 unspecified atom stereocenters. The van der Waals surface area contributed by atoms with Crippen molar-refractivity contribution >= 4 is 67.9 Å². The number of aromatic carboxylic acids is 1. The molecule has 2 N–H and O–H groups in total. The molecule has 0 saturated carbocycles. The Morgan fingerprint density at radius 2 is 2.00 bits per heavy atom. The van der Waals surface area contributed by atoms with Gasteiger partial charge in [-0.1, -0.05) is 52.0 Å². The zero-order valence-electron chi connectivity index (χ0n) is 12.5. The fourth-order valence-electron chi connectivity index (χ4n) is 2.27. The van der Waals surface area contributed by atoms with E-state index in [0.717, 1.165) is 21.8 Å². The first-order valence-corrected chi connectivity index (χ1v) is 8.98. The van der Waals surface area contributed by atoms with Gasteiger partial charge in [-0.05, 0) is 42.0 Å². The van der Waals surface area contributed by atoms with Crippen LogP contribution in [-0.2, 0) is 4.79 Å². The molecule has 0 aliphatic carbocycles. The lowest BCUT2D eigenvalue weighted by Gasteiger charge is -2.15. The highest BCUT2D eigenvalue weighted by molar-refractivity contribution is 9.10. The minimum Gasteiger partial charge on any atom is -0.507 e. The molecule has 1 fully saturated rings. The smallest absolute Gasteiger partial charge is 0.339 e. The van der Waals surface area contributed by atoms with Crippen LogP contribution in [0.1, 0.15) is 15.9 Å². The number of aromatic hydroxyl groups is 1. The van der Waals surface area contributed by atoms with Gasteiger partial charge in [-0.2, -0.15) is 0 Å². The molecule has 25 heavy (non-hydrogen) atoms. The second kappa shape index (κ2) is 6.99. The summed E-state index contributed by atoms with van der Waals surface area (Å²) in [5.41, 5.74) is 0.852. The van der Waals surface area contributed by atoms with Gasteiger partial charge in [0, 0.05) is 4.47 Å². The van der Waals surface area contributed by atoms with Crippen molar-refractivity contribution in [2.45, 2.75) is 0 Å². The van der Waals surface area contributed by atoms with E-state index in [4.69, 9.17) is 17.3 Å². The van der Waals surface area contributed by atoms with E-state index in [2.05, 4.69) is 15.9 Å². The Balaban J connectivity index is 1.97. The van der Waals surface area contributed by atoms with Crippen molar-refractivity contribution in [3.63, 3.8) is 0 Å². The normalized spacial score (nSPS) is 15.9. The first kappa shape index (κ1) is 17.7. The molecule has 1 aliphatic rings. The Kier molecular flexibility index (Phi) is 4.94. The number of amides is 1. The maximum absolute atomic E-state index is 12.7. The zero-order valence-corrected chi connectivity index (χ0v) is 15.7. The highest BCUT2D eigenvalue weighted by Crippen LogP contribution is 2.37. The molecule has 2 aromatic rings. The van der Waals surface area contributed by atoms with Gasteiger partial charge in [-0.3, -0.25) is 9.69 Å². The number of hydrogen-bond acceptors (Lipinski definition) is 5. The summed E-state index contributed by atoms with van der Waals surface area (Å²) in [6.45, 7) is 0. The second-order valence-corrected chi connectivity index (χ2v) is 7.67. The van der Waals surface area contributed by atoms with Gasteiger partial charge in [0.25, 0.3) is 5.91 Å². The maximum atomic E-state index is 12.7. The average molecular weight is 436 g/mol. The molecule has 1 heterocycles. The highest BCUT2D eigenvalue weighted by atomic mass is 79.9. The summed E-state index contributed by atoms with van der Waals surface area (Å²) in [5.74, 6) is -1.99. The van der Waals surface area contributed by atoms with Crippen LogP contribution >= 0.6 is 39.9 Å². The third-order valence-electron chi connectivity index (χ3n) is 3.41. The fraction of sp³-hybridized carbons (Fsp3) is 0. The van der Waals surface area contributed by atoms with Crippen molar-refractivity contribution in [2.75, 3.05) is 4.90 Å². The monoisotopic (exact) mass is 435 g/mol. The van der Waals surface area contributed by atoms with Crippen LogP contribution in [0, 0.1) is 0 Å². The number of carboxylic acids is 1. The Morgan fingerprint density at radius 3 is 2.68 bits per heavy atom. The average Bonchev–Trinajstić information content (AvgIpc) is 2.82. The first-order valence-electron chi connectivity index (χ1n) is 6.96. The van der Waals surface area contributed by atoms with Crippen molar-refractivity contribution < 1.29 is 19.8 Å². The summed E-state index contributed by atoms with van der Waals surface area (Å²) in [5, 5.41) is 18.7. The topological polar surface area (TPSA) is 77.8 Å². The number of benzene rings is 2. The van der Waals surface area contributed by atoms with E-state index in [1.807, 2.05) is 24.3 Å². The number of thiocarbonyl (C=S) groups is 1. The molecular formula is C17H10BrNO4S2. The number of hydrogen-bond donors (Lipinski definition) is 2. The molecule has 0 radical (unpaired) electrons. The van der Waals surface area contributed by atoms with Crippen LogP contribution < -0.4 is 4.90 Å². The highest BCUT2D eigenvalue weighted by Gasteiger charge is 2.33. The van der Waals surface area contributed by atoms with Crippen molar-refractivity contribution in [3.8, 4) is 5.75 Å². The third-order valence-corrected chi connectivity index (χ3v) is 5.20. The predicted molar refractivity (Wildman–Crippen MR) is 105 cm³/mol. The quantitative estimate of drug-likeness (QED) is 0.553. The van der Waals surface area contributed by atoms with Gasteiger partial charge in [0.2, 0.25) is 0 Å². The van der Waals surface area contributed by atoms with Crippen LogP contribution in [0.5, 0.6) is 5.75 Å². The third kappa shape index (κ3) is 3.60. The molecule has 8 heteroatoms. The number of phenols is 1. The van der Waals surface area contributed by atoms with Crippen LogP contribution in [0.3, 0.4) is 0 Å². The van der Waals surface area contributed by atoms with Crippen LogP contribution in [0.2, 0.25) is 0 Å². The van der Waals surface area contributed by atoms with Crippen LogP contribution in [0.4, 0.5) is 5.69 Å². The molecule has 0 atom stereocenters. The van der Waals surface area contributed by atoms with E-state index in [0.29, 0.717) is 14.9 Å². The number of rotatable bonds is 3. The van der Waals surface area contributed by atoms with Gasteiger partial charge >= 0.3 is 5.97 Å². The summed E-state index contributed by atoms with van der Waals surface area (Å²) < 4.78 is 1.19. The molecule has 3 rings (SSSR count). The summed E-state index contributed by atoms with van der Waals surface area (Å²) in [7, 11) is 0. The number of nitrogens with zero attached hydrogens (tertiary/aromatic N) is 1. The molecule has 0 aromatic heterocycles. The zero-order chi connectivity index (χ0) is 18.1. The van der Waals surface area contributed by atoms with Gasteiger partial charge in [0.05, 0.1) is 10.6 Å². The number of carbonyl (C=O) groups excluding carboxylic acids is 1. The minimum absolute atomic E-state index is 0.289. The van der Waals surface area contributed by atoms with Gasteiger partial charge < -0.3 is 10.2 Å². The van der Waals surface area contributed by atoms with Gasteiger partial charge in [-0.15, -0.1) is 0 Å². The van der Waals surface area contributed by atoms with Crippen molar-refractivity contribution in [3.05, 3.63) is 63.0 Å². The predicted octanol–water partition coefficient (Wildman–Crippen LogP) is 4.26. The molecule has 0 bridgehead atoms. The van der Waals surface area contributed by atoms with Crippen molar-refractivity contribution in [2.24, 2.45) is 0 Å². The van der Waals surface area contributed by atoms with E-state index in [1.54, 1.807) is 6.08 Å². The van der Waals surface area contributed by atoms with E-state index in [1.165, 1.54) is 23.1 Å². The van der Waals surface area contributed by atoms with Gasteiger partial charge in [0.15, 0.2) is 4.32 Å². The Bertz CT molecular complexity index is 942. The lowest BCUT2D eigenvalue weighted by Crippen LogP contribution is -2.27. The maximum Gasteiger partial charge on any atom is 0.339 e. The molecule has 1 saturated heterocycles. The SMILES string of the molecule is O=C(O)c1cc(N2C(=O)C(=Cc3cccc(Br)c3)SC2=S)ccc1O.